The van der Waals surface area contributed by atoms with Crippen molar-refractivity contribution in [3.63, 3.8) is 0 Å². The van der Waals surface area contributed by atoms with Gasteiger partial charge in [0.25, 0.3) is 10.0 Å². The van der Waals surface area contributed by atoms with Gasteiger partial charge in [0.2, 0.25) is 0 Å². The number of hydrogen-bond donors (Lipinski definition) is 2. The molecule has 1 saturated carbocycles. The van der Waals surface area contributed by atoms with Gasteiger partial charge in [0.1, 0.15) is 10.7 Å². The molecule has 1 aliphatic carbocycles. The highest BCUT2D eigenvalue weighted by Gasteiger charge is 2.35. The third-order valence-electron chi connectivity index (χ3n) is 6.21. The van der Waals surface area contributed by atoms with Crippen molar-refractivity contribution in [3.05, 3.63) is 34.5 Å². The number of rotatable bonds is 8. The van der Waals surface area contributed by atoms with E-state index in [1.807, 2.05) is 0 Å². The molecule has 1 aromatic carbocycles. The van der Waals surface area contributed by atoms with E-state index >= 15 is 0 Å². The van der Waals surface area contributed by atoms with Gasteiger partial charge < -0.3 is 10.3 Å². The molecule has 4 rings (SSSR count). The molecule has 2 aliphatic rings. The number of hydrogen-bond acceptors (Lipinski definition) is 7. The van der Waals surface area contributed by atoms with Gasteiger partial charge in [0.15, 0.2) is 5.13 Å². The third-order valence-corrected chi connectivity index (χ3v) is 8.69. The molecule has 1 aliphatic heterocycles. The van der Waals surface area contributed by atoms with E-state index in [1.54, 1.807) is 5.38 Å². The highest BCUT2D eigenvalue weighted by Crippen LogP contribution is 2.34. The lowest BCUT2D eigenvalue weighted by Gasteiger charge is -2.39. The summed E-state index contributed by atoms with van der Waals surface area (Å²) in [5, 5.41) is 5.38. The summed E-state index contributed by atoms with van der Waals surface area (Å²) < 4.78 is 42.4. The number of nitrogens with zero attached hydrogens (tertiary/aromatic N) is 3. The van der Waals surface area contributed by atoms with Gasteiger partial charge in [-0.05, 0) is 50.6 Å². The average molecular weight is 500 g/mol. The van der Waals surface area contributed by atoms with Crippen LogP contribution in [0.1, 0.15) is 32.1 Å². The van der Waals surface area contributed by atoms with Crippen molar-refractivity contribution >= 4 is 50.5 Å². The summed E-state index contributed by atoms with van der Waals surface area (Å²) in [5.41, 5.74) is 0.415. The number of thiazole rings is 1. The SMILES string of the molecule is C=NC[C@@H]1CCN([C@H]2CCCC[C@@H]2Nc2cc(F)c(S(=O)(=O)Nc3nccs3)cc2Cl)C1. The zero-order valence-electron chi connectivity index (χ0n) is 17.6. The maximum absolute atomic E-state index is 14.9. The Labute approximate surface area is 197 Å². The first-order chi connectivity index (χ1) is 15.4. The Kier molecular flexibility index (Phi) is 7.34. The number of sulfonamides is 1. The fourth-order valence-electron chi connectivity index (χ4n) is 4.70. The number of nitrogens with one attached hydrogen (secondary N) is 2. The number of likely N-dealkylation sites (tertiary alicyclic amines) is 1. The molecule has 11 heteroatoms. The van der Waals surface area contributed by atoms with E-state index in [0.29, 0.717) is 17.6 Å². The fourth-order valence-corrected chi connectivity index (χ4v) is 6.86. The Hall–Kier alpha value is -1.75. The van der Waals surface area contributed by atoms with Crippen LogP contribution in [0.2, 0.25) is 5.02 Å². The standard InChI is InChI=1S/C21H27ClFN5O2S2/c1-24-12-14-6-8-28(13-14)19-5-3-2-4-17(19)26-18-11-16(23)20(10-15(18)22)32(29,30)27-21-25-7-9-31-21/h7,9-11,14,17,19,26H,1-6,8,12-13H2,(H,25,27)/t14-,17-,19-/m0/s1. The lowest BCUT2D eigenvalue weighted by molar-refractivity contribution is 0.171. The summed E-state index contributed by atoms with van der Waals surface area (Å²) in [4.78, 5) is 9.93. The van der Waals surface area contributed by atoms with Crippen LogP contribution in [0.15, 0.2) is 33.6 Å². The molecule has 2 heterocycles. The molecule has 3 atom stereocenters. The zero-order chi connectivity index (χ0) is 22.7. The fraction of sp³-hybridized carbons (Fsp3) is 0.524. The van der Waals surface area contributed by atoms with Crippen LogP contribution in [-0.2, 0) is 10.0 Å². The number of aliphatic imine (C=N–C) groups is 1. The summed E-state index contributed by atoms with van der Waals surface area (Å²) in [6, 6.07) is 2.78. The second-order valence-electron chi connectivity index (χ2n) is 8.36. The molecule has 2 aromatic rings. The van der Waals surface area contributed by atoms with Crippen molar-refractivity contribution < 1.29 is 12.8 Å². The minimum Gasteiger partial charge on any atom is -0.379 e. The first kappa shape index (κ1) is 23.4. The molecule has 2 N–H and O–H groups in total. The molecule has 7 nitrogen and oxygen atoms in total. The van der Waals surface area contributed by atoms with Crippen LogP contribution in [0.25, 0.3) is 0 Å². The molecule has 0 amide bonds. The lowest BCUT2D eigenvalue weighted by Crippen LogP contribution is -2.48. The Morgan fingerprint density at radius 3 is 2.88 bits per heavy atom. The summed E-state index contributed by atoms with van der Waals surface area (Å²) in [7, 11) is -4.13. The van der Waals surface area contributed by atoms with Crippen LogP contribution in [0.4, 0.5) is 15.2 Å². The zero-order valence-corrected chi connectivity index (χ0v) is 20.0. The Bertz CT molecular complexity index is 1050. The summed E-state index contributed by atoms with van der Waals surface area (Å²) in [6.45, 7) is 6.40. The maximum atomic E-state index is 14.9. The van der Waals surface area contributed by atoms with Crippen molar-refractivity contribution in [1.29, 1.82) is 0 Å². The highest BCUT2D eigenvalue weighted by atomic mass is 35.5. The Morgan fingerprint density at radius 2 is 2.12 bits per heavy atom. The molecule has 0 bridgehead atoms. The van der Waals surface area contributed by atoms with E-state index < -0.39 is 20.7 Å². The molecule has 0 radical (unpaired) electrons. The molecule has 0 spiro atoms. The van der Waals surface area contributed by atoms with Gasteiger partial charge in [-0.3, -0.25) is 9.62 Å². The van der Waals surface area contributed by atoms with E-state index in [-0.39, 0.29) is 16.2 Å². The second kappa shape index (κ2) is 10.0. The Morgan fingerprint density at radius 1 is 1.31 bits per heavy atom. The van der Waals surface area contributed by atoms with Gasteiger partial charge in [-0.2, -0.15) is 0 Å². The van der Waals surface area contributed by atoms with Crippen LogP contribution in [0.5, 0.6) is 0 Å². The van der Waals surface area contributed by atoms with Crippen LogP contribution in [-0.4, -0.2) is 56.7 Å². The van der Waals surface area contributed by atoms with Gasteiger partial charge in [-0.25, -0.2) is 17.8 Å². The van der Waals surface area contributed by atoms with Crippen LogP contribution < -0.4 is 10.0 Å². The van der Waals surface area contributed by atoms with Gasteiger partial charge >= 0.3 is 0 Å². The van der Waals surface area contributed by atoms with Gasteiger partial charge in [-0.15, -0.1) is 11.3 Å². The largest absolute Gasteiger partial charge is 0.379 e. The average Bonchev–Trinajstić information content (AvgIpc) is 3.43. The van der Waals surface area contributed by atoms with Crippen LogP contribution >= 0.6 is 22.9 Å². The summed E-state index contributed by atoms with van der Waals surface area (Å²) >= 11 is 7.53. The predicted molar refractivity (Wildman–Crippen MR) is 128 cm³/mol. The predicted octanol–water partition coefficient (Wildman–Crippen LogP) is 4.48. The topological polar surface area (TPSA) is 86.7 Å². The van der Waals surface area contributed by atoms with E-state index in [4.69, 9.17) is 11.6 Å². The van der Waals surface area contributed by atoms with Crippen molar-refractivity contribution in [1.82, 2.24) is 9.88 Å². The van der Waals surface area contributed by atoms with E-state index in [0.717, 1.165) is 69.1 Å². The minimum atomic E-state index is -4.13. The van der Waals surface area contributed by atoms with Crippen molar-refractivity contribution in [2.24, 2.45) is 10.9 Å². The van der Waals surface area contributed by atoms with Crippen molar-refractivity contribution in [2.75, 3.05) is 29.7 Å². The number of benzene rings is 1. The number of anilines is 2. The number of aromatic nitrogens is 1. The van der Waals surface area contributed by atoms with Crippen molar-refractivity contribution in [2.45, 2.75) is 49.1 Å². The van der Waals surface area contributed by atoms with Crippen LogP contribution in [0.3, 0.4) is 0 Å². The first-order valence-electron chi connectivity index (χ1n) is 10.7. The van der Waals surface area contributed by atoms with E-state index in [9.17, 15) is 12.8 Å². The first-order valence-corrected chi connectivity index (χ1v) is 13.5. The molecule has 1 saturated heterocycles. The summed E-state index contributed by atoms with van der Waals surface area (Å²) in [6.07, 6.45) is 6.84. The second-order valence-corrected chi connectivity index (χ2v) is 11.3. The van der Waals surface area contributed by atoms with E-state index in [2.05, 4.69) is 31.6 Å². The van der Waals surface area contributed by atoms with E-state index in [1.165, 1.54) is 12.3 Å². The molecular weight excluding hydrogens is 473 g/mol. The van der Waals surface area contributed by atoms with Gasteiger partial charge in [0.05, 0.1) is 10.7 Å². The van der Waals surface area contributed by atoms with Gasteiger partial charge in [0, 0.05) is 36.8 Å². The smallest absolute Gasteiger partial charge is 0.266 e. The third kappa shape index (κ3) is 5.24. The van der Waals surface area contributed by atoms with Crippen molar-refractivity contribution in [3.8, 4) is 0 Å². The van der Waals surface area contributed by atoms with Crippen LogP contribution in [0, 0.1) is 11.7 Å². The Balaban J connectivity index is 1.51. The molecule has 1 aromatic heterocycles. The maximum Gasteiger partial charge on any atom is 0.266 e. The monoisotopic (exact) mass is 499 g/mol. The molecule has 32 heavy (non-hydrogen) atoms. The quantitative estimate of drug-likeness (QED) is 0.523. The lowest BCUT2D eigenvalue weighted by atomic mass is 9.89. The summed E-state index contributed by atoms with van der Waals surface area (Å²) in [5.74, 6) is -0.322. The molecule has 174 valence electrons. The normalized spacial score (nSPS) is 24.4. The highest BCUT2D eigenvalue weighted by molar-refractivity contribution is 7.93. The molecule has 0 unspecified atom stereocenters. The molecular formula is C21H27ClFN5O2S2. The minimum absolute atomic E-state index is 0.118. The van der Waals surface area contributed by atoms with Gasteiger partial charge in [-0.1, -0.05) is 24.4 Å². The molecule has 2 fully saturated rings. The number of halogens is 2.